The van der Waals surface area contributed by atoms with Crippen molar-refractivity contribution in [2.45, 2.75) is 39.7 Å². The highest BCUT2D eigenvalue weighted by Crippen LogP contribution is 2.29. The molecule has 4 heteroatoms. The molecule has 0 aromatic heterocycles. The van der Waals surface area contributed by atoms with Crippen molar-refractivity contribution >= 4 is 17.3 Å². The summed E-state index contributed by atoms with van der Waals surface area (Å²) in [6, 6.07) is 6.22. The van der Waals surface area contributed by atoms with E-state index < -0.39 is 0 Å². The molecule has 0 amide bonds. The molecule has 0 saturated heterocycles. The van der Waals surface area contributed by atoms with Crippen molar-refractivity contribution in [1.29, 1.82) is 0 Å². The van der Waals surface area contributed by atoms with Crippen LogP contribution in [0.15, 0.2) is 18.2 Å². The molecule has 0 aliphatic rings. The van der Waals surface area contributed by atoms with E-state index in [4.69, 9.17) is 22.1 Å². The van der Waals surface area contributed by atoms with Gasteiger partial charge in [-0.25, -0.2) is 0 Å². The smallest absolute Gasteiger partial charge is 0.0641 e. The van der Waals surface area contributed by atoms with Crippen LogP contribution in [0, 0.1) is 0 Å². The van der Waals surface area contributed by atoms with Crippen molar-refractivity contribution in [3.63, 3.8) is 0 Å². The predicted octanol–water partition coefficient (Wildman–Crippen LogP) is 3.48. The molecule has 0 fully saturated rings. The molecule has 0 aliphatic carbocycles. The molecule has 1 aromatic rings. The second kappa shape index (κ2) is 9.22. The molecular weight excluding hydrogens is 272 g/mol. The first-order chi connectivity index (χ1) is 9.63. The average Bonchev–Trinajstić information content (AvgIpc) is 2.46. The number of benzene rings is 1. The van der Waals surface area contributed by atoms with Crippen LogP contribution in [0.4, 0.5) is 5.69 Å². The zero-order valence-corrected chi connectivity index (χ0v) is 13.6. The van der Waals surface area contributed by atoms with E-state index in [1.54, 1.807) is 0 Å². The van der Waals surface area contributed by atoms with Gasteiger partial charge in [-0.3, -0.25) is 0 Å². The van der Waals surface area contributed by atoms with Gasteiger partial charge in [-0.1, -0.05) is 24.6 Å². The molecule has 1 unspecified atom stereocenters. The van der Waals surface area contributed by atoms with E-state index >= 15 is 0 Å². The monoisotopic (exact) mass is 298 g/mol. The van der Waals surface area contributed by atoms with Crippen LogP contribution in [-0.4, -0.2) is 32.3 Å². The Balaban J connectivity index is 2.92. The first-order valence-corrected chi connectivity index (χ1v) is 7.87. The third kappa shape index (κ3) is 4.97. The van der Waals surface area contributed by atoms with Crippen LogP contribution in [0.1, 0.15) is 32.8 Å². The van der Waals surface area contributed by atoms with Gasteiger partial charge in [-0.15, -0.1) is 0 Å². The van der Waals surface area contributed by atoms with Gasteiger partial charge >= 0.3 is 0 Å². The number of anilines is 1. The number of nitrogens with two attached hydrogens (primary N) is 1. The maximum absolute atomic E-state index is 6.38. The summed E-state index contributed by atoms with van der Waals surface area (Å²) in [6.45, 7) is 9.56. The van der Waals surface area contributed by atoms with Gasteiger partial charge in [-0.2, -0.15) is 0 Å². The van der Waals surface area contributed by atoms with E-state index in [9.17, 15) is 0 Å². The summed E-state index contributed by atoms with van der Waals surface area (Å²) in [4.78, 5) is 2.30. The second-order valence-corrected chi connectivity index (χ2v) is 5.29. The Kier molecular flexibility index (Phi) is 7.97. The van der Waals surface area contributed by atoms with Gasteiger partial charge in [0.2, 0.25) is 0 Å². The fourth-order valence-electron chi connectivity index (χ4n) is 2.22. The average molecular weight is 299 g/mol. The van der Waals surface area contributed by atoms with Crippen molar-refractivity contribution in [3.05, 3.63) is 28.8 Å². The highest BCUT2D eigenvalue weighted by atomic mass is 35.5. The van der Waals surface area contributed by atoms with E-state index in [0.717, 1.165) is 49.7 Å². The minimum atomic E-state index is 0.152. The van der Waals surface area contributed by atoms with Crippen molar-refractivity contribution < 1.29 is 4.74 Å². The Morgan fingerprint density at radius 1 is 1.30 bits per heavy atom. The van der Waals surface area contributed by atoms with Gasteiger partial charge in [-0.05, 0) is 44.4 Å². The summed E-state index contributed by atoms with van der Waals surface area (Å²) in [5.74, 6) is 0. The molecule has 1 rings (SSSR count). The topological polar surface area (TPSA) is 38.5 Å². The maximum Gasteiger partial charge on any atom is 0.0641 e. The quantitative estimate of drug-likeness (QED) is 0.709. The lowest BCUT2D eigenvalue weighted by molar-refractivity contribution is 0.154. The van der Waals surface area contributed by atoms with E-state index in [2.05, 4.69) is 24.8 Å². The van der Waals surface area contributed by atoms with Crippen LogP contribution in [0.5, 0.6) is 0 Å². The number of likely N-dealkylation sites (N-methyl/N-ethyl adjacent to an activating group) is 1. The van der Waals surface area contributed by atoms with Crippen LogP contribution < -0.4 is 10.6 Å². The standard InChI is InChI=1S/C16H27ClN2O/c1-4-13(18)12-14-15(17)8-7-9-16(14)19(5-2)10-11-20-6-3/h7-9,13H,4-6,10-12,18H2,1-3H3. The van der Waals surface area contributed by atoms with E-state index in [-0.39, 0.29) is 6.04 Å². The molecule has 0 heterocycles. The number of rotatable bonds is 9. The summed E-state index contributed by atoms with van der Waals surface area (Å²) in [5, 5.41) is 0.807. The molecule has 0 saturated carbocycles. The van der Waals surface area contributed by atoms with Crippen molar-refractivity contribution in [2.75, 3.05) is 31.2 Å². The SMILES string of the molecule is CCOCCN(CC)c1cccc(Cl)c1CC(N)CC. The number of nitrogens with zero attached hydrogens (tertiary/aromatic N) is 1. The minimum Gasteiger partial charge on any atom is -0.380 e. The zero-order valence-electron chi connectivity index (χ0n) is 12.9. The molecule has 114 valence electrons. The minimum absolute atomic E-state index is 0.152. The van der Waals surface area contributed by atoms with Crippen molar-refractivity contribution in [3.8, 4) is 0 Å². The summed E-state index contributed by atoms with van der Waals surface area (Å²) in [5.41, 5.74) is 8.44. The molecule has 0 spiro atoms. The molecule has 0 radical (unpaired) electrons. The predicted molar refractivity (Wildman–Crippen MR) is 87.8 cm³/mol. The molecule has 1 aromatic carbocycles. The van der Waals surface area contributed by atoms with Gasteiger partial charge in [0.15, 0.2) is 0 Å². The summed E-state index contributed by atoms with van der Waals surface area (Å²) in [7, 11) is 0. The molecule has 0 bridgehead atoms. The highest BCUT2D eigenvalue weighted by molar-refractivity contribution is 6.31. The van der Waals surface area contributed by atoms with Crippen LogP contribution in [-0.2, 0) is 11.2 Å². The second-order valence-electron chi connectivity index (χ2n) is 4.89. The molecule has 3 nitrogen and oxygen atoms in total. The first-order valence-electron chi connectivity index (χ1n) is 7.49. The number of ether oxygens (including phenoxy) is 1. The fraction of sp³-hybridized carbons (Fsp3) is 0.625. The van der Waals surface area contributed by atoms with E-state index in [1.165, 1.54) is 5.69 Å². The third-order valence-electron chi connectivity index (χ3n) is 3.52. The van der Waals surface area contributed by atoms with Crippen LogP contribution >= 0.6 is 11.6 Å². The lowest BCUT2D eigenvalue weighted by Crippen LogP contribution is -2.30. The first kappa shape index (κ1) is 17.3. The Morgan fingerprint density at radius 3 is 2.65 bits per heavy atom. The zero-order chi connectivity index (χ0) is 15.0. The Morgan fingerprint density at radius 2 is 2.05 bits per heavy atom. The summed E-state index contributed by atoms with van der Waals surface area (Å²) in [6.07, 6.45) is 1.77. The Bertz CT molecular complexity index is 398. The number of hydrogen-bond acceptors (Lipinski definition) is 3. The van der Waals surface area contributed by atoms with Crippen LogP contribution in [0.2, 0.25) is 5.02 Å². The molecule has 2 N–H and O–H groups in total. The maximum atomic E-state index is 6.38. The van der Waals surface area contributed by atoms with Gasteiger partial charge in [0.25, 0.3) is 0 Å². The van der Waals surface area contributed by atoms with Crippen LogP contribution in [0.25, 0.3) is 0 Å². The van der Waals surface area contributed by atoms with Gasteiger partial charge in [0, 0.05) is 36.4 Å². The lowest BCUT2D eigenvalue weighted by Gasteiger charge is -2.27. The molecular formula is C16H27ClN2O. The largest absolute Gasteiger partial charge is 0.380 e. The summed E-state index contributed by atoms with van der Waals surface area (Å²) < 4.78 is 5.46. The third-order valence-corrected chi connectivity index (χ3v) is 3.87. The number of hydrogen-bond donors (Lipinski definition) is 1. The van der Waals surface area contributed by atoms with Crippen molar-refractivity contribution in [1.82, 2.24) is 0 Å². The van der Waals surface area contributed by atoms with Gasteiger partial charge < -0.3 is 15.4 Å². The number of halogens is 1. The Hall–Kier alpha value is -0.770. The van der Waals surface area contributed by atoms with Crippen LogP contribution in [0.3, 0.4) is 0 Å². The van der Waals surface area contributed by atoms with Crippen molar-refractivity contribution in [2.24, 2.45) is 5.73 Å². The normalized spacial score (nSPS) is 12.4. The Labute approximate surface area is 128 Å². The summed E-state index contributed by atoms with van der Waals surface area (Å²) >= 11 is 6.38. The highest BCUT2D eigenvalue weighted by Gasteiger charge is 2.14. The van der Waals surface area contributed by atoms with E-state index in [1.807, 2.05) is 19.1 Å². The van der Waals surface area contributed by atoms with E-state index in [0.29, 0.717) is 0 Å². The lowest BCUT2D eigenvalue weighted by atomic mass is 10.0. The van der Waals surface area contributed by atoms with Gasteiger partial charge in [0.1, 0.15) is 0 Å². The molecule has 20 heavy (non-hydrogen) atoms. The molecule has 0 aliphatic heterocycles. The van der Waals surface area contributed by atoms with Gasteiger partial charge in [0.05, 0.1) is 6.61 Å². The fourth-order valence-corrected chi connectivity index (χ4v) is 2.47. The molecule has 1 atom stereocenters.